The van der Waals surface area contributed by atoms with Crippen molar-refractivity contribution in [2.75, 3.05) is 7.11 Å². The van der Waals surface area contributed by atoms with Crippen LogP contribution in [0.25, 0.3) is 27.8 Å². The van der Waals surface area contributed by atoms with Gasteiger partial charge in [-0.05, 0) is 18.2 Å². The zero-order valence-electron chi connectivity index (χ0n) is 11.4. The fraction of sp³-hybridized carbons (Fsp3) is 0.0625. The summed E-state index contributed by atoms with van der Waals surface area (Å²) in [5.74, 6) is 0.813. The molecule has 0 fully saturated rings. The van der Waals surface area contributed by atoms with Crippen LogP contribution >= 0.6 is 0 Å². The van der Waals surface area contributed by atoms with Crippen LogP contribution in [-0.2, 0) is 0 Å². The Labute approximate surface area is 120 Å². The van der Waals surface area contributed by atoms with Crippen LogP contribution in [-0.4, -0.2) is 26.7 Å². The van der Waals surface area contributed by atoms with Gasteiger partial charge in [0.2, 0.25) is 0 Å². The third kappa shape index (κ3) is 1.82. The van der Waals surface area contributed by atoms with E-state index in [9.17, 15) is 0 Å². The minimum atomic E-state index is 0.696. The molecule has 0 saturated heterocycles. The van der Waals surface area contributed by atoms with Gasteiger partial charge in [-0.2, -0.15) is 0 Å². The molecular weight excluding hydrogens is 264 g/mol. The Morgan fingerprint density at radius 3 is 2.86 bits per heavy atom. The van der Waals surface area contributed by atoms with Gasteiger partial charge < -0.3 is 4.74 Å². The van der Waals surface area contributed by atoms with Crippen LogP contribution in [0.5, 0.6) is 5.75 Å². The lowest BCUT2D eigenvalue weighted by Gasteiger charge is -2.07. The van der Waals surface area contributed by atoms with E-state index >= 15 is 0 Å². The van der Waals surface area contributed by atoms with Crippen molar-refractivity contribution in [3.8, 4) is 16.9 Å². The highest BCUT2D eigenvalue weighted by atomic mass is 16.5. The Bertz CT molecular complexity index is 945. The smallest absolute Gasteiger partial charge is 0.183 e. The average Bonchev–Trinajstić information content (AvgIpc) is 2.92. The molecule has 21 heavy (non-hydrogen) atoms. The summed E-state index contributed by atoms with van der Waals surface area (Å²) < 4.78 is 7.16. The van der Waals surface area contributed by atoms with Gasteiger partial charge in [0.25, 0.3) is 0 Å². The first kappa shape index (κ1) is 11.8. The van der Waals surface area contributed by atoms with E-state index < -0.39 is 0 Å². The van der Waals surface area contributed by atoms with Crippen molar-refractivity contribution >= 4 is 16.7 Å². The fourth-order valence-electron chi connectivity index (χ4n) is 2.46. The highest BCUT2D eigenvalue weighted by Gasteiger charge is 2.10. The molecule has 0 bridgehead atoms. The summed E-state index contributed by atoms with van der Waals surface area (Å²) in [7, 11) is 1.66. The number of benzene rings is 1. The molecule has 3 heterocycles. The molecule has 0 unspecified atom stereocenters. The van der Waals surface area contributed by atoms with E-state index in [1.165, 1.54) is 0 Å². The highest BCUT2D eigenvalue weighted by molar-refractivity contribution is 5.89. The van der Waals surface area contributed by atoms with E-state index in [1.807, 2.05) is 48.8 Å². The molecule has 0 amide bonds. The normalized spacial score (nSPS) is 11.1. The summed E-state index contributed by atoms with van der Waals surface area (Å²) in [6, 6.07) is 11.7. The number of hydrogen-bond donors (Lipinski definition) is 0. The maximum absolute atomic E-state index is 5.40. The van der Waals surface area contributed by atoms with Gasteiger partial charge in [-0.15, -0.1) is 5.10 Å². The lowest BCUT2D eigenvalue weighted by Crippen LogP contribution is -1.93. The Hall–Kier alpha value is -2.95. The highest BCUT2D eigenvalue weighted by Crippen LogP contribution is 2.29. The molecule has 102 valence electrons. The Balaban J connectivity index is 1.97. The molecule has 0 saturated carbocycles. The van der Waals surface area contributed by atoms with Gasteiger partial charge in [0.05, 0.1) is 12.5 Å². The van der Waals surface area contributed by atoms with Gasteiger partial charge in [0, 0.05) is 29.7 Å². The van der Waals surface area contributed by atoms with Crippen LogP contribution < -0.4 is 4.74 Å². The number of para-hydroxylation sites is 1. The Morgan fingerprint density at radius 2 is 1.95 bits per heavy atom. The minimum Gasteiger partial charge on any atom is -0.496 e. The average molecular weight is 276 g/mol. The predicted octanol–water partition coefficient (Wildman–Crippen LogP) is 2.95. The number of rotatable bonds is 2. The zero-order chi connectivity index (χ0) is 14.2. The molecule has 0 spiro atoms. The number of ether oxygens (including phenoxy) is 1. The second kappa shape index (κ2) is 4.56. The van der Waals surface area contributed by atoms with Crippen LogP contribution in [0.2, 0.25) is 0 Å². The molecule has 5 nitrogen and oxygen atoms in total. The van der Waals surface area contributed by atoms with E-state index in [4.69, 9.17) is 4.74 Å². The summed E-state index contributed by atoms with van der Waals surface area (Å²) in [5.41, 5.74) is 3.44. The third-order valence-electron chi connectivity index (χ3n) is 3.45. The molecule has 0 radical (unpaired) electrons. The first-order chi connectivity index (χ1) is 10.4. The quantitative estimate of drug-likeness (QED) is 0.565. The van der Waals surface area contributed by atoms with Gasteiger partial charge in [0.1, 0.15) is 5.75 Å². The van der Waals surface area contributed by atoms with Crippen molar-refractivity contribution in [2.45, 2.75) is 0 Å². The Kier molecular flexibility index (Phi) is 2.57. The lowest BCUT2D eigenvalue weighted by molar-refractivity contribution is 0.416. The molecule has 0 aliphatic rings. The van der Waals surface area contributed by atoms with Crippen LogP contribution in [0.3, 0.4) is 0 Å². The molecule has 4 rings (SSSR count). The topological polar surface area (TPSA) is 52.3 Å². The molecular formula is C16H12N4O. The van der Waals surface area contributed by atoms with Gasteiger partial charge in [-0.25, -0.2) is 14.5 Å². The van der Waals surface area contributed by atoms with Gasteiger partial charge in [-0.1, -0.05) is 18.2 Å². The first-order valence-corrected chi connectivity index (χ1v) is 6.59. The molecule has 0 aliphatic carbocycles. The summed E-state index contributed by atoms with van der Waals surface area (Å²) in [6.07, 6.45) is 5.51. The zero-order valence-corrected chi connectivity index (χ0v) is 11.4. The van der Waals surface area contributed by atoms with Crippen LogP contribution in [0.15, 0.2) is 55.0 Å². The number of methoxy groups -OCH3 is 1. The molecule has 1 aromatic carbocycles. The summed E-state index contributed by atoms with van der Waals surface area (Å²) in [6.45, 7) is 0. The lowest BCUT2D eigenvalue weighted by atomic mass is 10.1. The van der Waals surface area contributed by atoms with Gasteiger partial charge in [-0.3, -0.25) is 0 Å². The monoisotopic (exact) mass is 276 g/mol. The number of hydrogen-bond acceptors (Lipinski definition) is 4. The molecule has 0 aliphatic heterocycles. The third-order valence-corrected chi connectivity index (χ3v) is 3.45. The first-order valence-electron chi connectivity index (χ1n) is 6.59. The second-order valence-corrected chi connectivity index (χ2v) is 4.69. The summed E-state index contributed by atoms with van der Waals surface area (Å²) in [4.78, 5) is 8.78. The van der Waals surface area contributed by atoms with E-state index in [2.05, 4.69) is 15.1 Å². The number of fused-ring (bicyclic) bond motifs is 3. The maximum Gasteiger partial charge on any atom is 0.183 e. The van der Waals surface area contributed by atoms with E-state index in [1.54, 1.807) is 17.8 Å². The molecule has 5 heteroatoms. The largest absolute Gasteiger partial charge is 0.496 e. The van der Waals surface area contributed by atoms with Crippen LogP contribution in [0, 0.1) is 0 Å². The summed E-state index contributed by atoms with van der Waals surface area (Å²) >= 11 is 0. The molecule has 3 aromatic heterocycles. The Morgan fingerprint density at radius 1 is 1.05 bits per heavy atom. The molecule has 0 atom stereocenters. The maximum atomic E-state index is 5.40. The van der Waals surface area contributed by atoms with Crippen molar-refractivity contribution < 1.29 is 4.74 Å². The molecule has 0 N–H and O–H groups in total. The van der Waals surface area contributed by atoms with Crippen LogP contribution in [0.1, 0.15) is 0 Å². The predicted molar refractivity (Wildman–Crippen MR) is 80.3 cm³/mol. The van der Waals surface area contributed by atoms with Crippen molar-refractivity contribution in [3.05, 3.63) is 55.0 Å². The van der Waals surface area contributed by atoms with Crippen LogP contribution in [0.4, 0.5) is 0 Å². The van der Waals surface area contributed by atoms with Gasteiger partial charge in [0.15, 0.2) is 11.3 Å². The van der Waals surface area contributed by atoms with E-state index in [0.29, 0.717) is 5.65 Å². The minimum absolute atomic E-state index is 0.696. The standard InChI is InChI=1S/C16H12N4O/c1-21-14-7-3-2-5-12(14)11-9-18-16-13-6-4-8-17-15(13)19-20(16)10-11/h2-10H,1H3. The SMILES string of the molecule is COc1ccccc1-c1cnc2c3cccnc3nn2c1. The molecule has 4 aromatic rings. The van der Waals surface area contributed by atoms with Crippen molar-refractivity contribution in [2.24, 2.45) is 0 Å². The second-order valence-electron chi connectivity index (χ2n) is 4.69. The number of aromatic nitrogens is 4. The van der Waals surface area contributed by atoms with E-state index in [-0.39, 0.29) is 0 Å². The number of pyridine rings is 1. The van der Waals surface area contributed by atoms with E-state index in [0.717, 1.165) is 27.9 Å². The van der Waals surface area contributed by atoms with Crippen molar-refractivity contribution in [1.29, 1.82) is 0 Å². The van der Waals surface area contributed by atoms with Crippen molar-refractivity contribution in [1.82, 2.24) is 19.6 Å². The number of nitrogens with zero attached hydrogens (tertiary/aromatic N) is 4. The summed E-state index contributed by atoms with van der Waals surface area (Å²) in [5, 5.41) is 5.41. The fourth-order valence-corrected chi connectivity index (χ4v) is 2.46. The van der Waals surface area contributed by atoms with Crippen molar-refractivity contribution in [3.63, 3.8) is 0 Å². The van der Waals surface area contributed by atoms with Gasteiger partial charge >= 0.3 is 0 Å².